The van der Waals surface area contributed by atoms with Crippen molar-refractivity contribution in [3.8, 4) is 12.1 Å². The Bertz CT molecular complexity index is 401. The van der Waals surface area contributed by atoms with Crippen LogP contribution in [-0.2, 0) is 0 Å². The van der Waals surface area contributed by atoms with Crippen LogP contribution >= 0.6 is 15.9 Å². The fraction of sp³-hybridized carbons (Fsp3) is 0. The zero-order valence-electron chi connectivity index (χ0n) is 5.81. The van der Waals surface area contributed by atoms with Crippen LogP contribution < -0.4 is 0 Å². The monoisotopic (exact) mass is 224 g/mol. The number of nitriles is 2. The Hall–Kier alpha value is -1.39. The molecule has 0 aliphatic carbocycles. The molecular formula is C8H2BrFN2. The van der Waals surface area contributed by atoms with Crippen LogP contribution in [0.3, 0.4) is 0 Å². The summed E-state index contributed by atoms with van der Waals surface area (Å²) in [6, 6.07) is 6.11. The van der Waals surface area contributed by atoms with E-state index < -0.39 is 5.82 Å². The van der Waals surface area contributed by atoms with Gasteiger partial charge in [0.2, 0.25) is 0 Å². The second kappa shape index (κ2) is 3.34. The van der Waals surface area contributed by atoms with Gasteiger partial charge >= 0.3 is 0 Å². The van der Waals surface area contributed by atoms with E-state index >= 15 is 0 Å². The van der Waals surface area contributed by atoms with Gasteiger partial charge in [0.1, 0.15) is 17.7 Å². The number of rotatable bonds is 0. The Labute approximate surface area is 77.0 Å². The van der Waals surface area contributed by atoms with Gasteiger partial charge in [0, 0.05) is 4.47 Å². The molecule has 0 radical (unpaired) electrons. The minimum atomic E-state index is -0.769. The smallest absolute Gasteiger partial charge is 0.159 e. The fourth-order valence-electron chi connectivity index (χ4n) is 0.741. The first kappa shape index (κ1) is 8.70. The quantitative estimate of drug-likeness (QED) is 0.680. The van der Waals surface area contributed by atoms with Crippen LogP contribution in [0.15, 0.2) is 16.6 Å². The van der Waals surface area contributed by atoms with E-state index in [2.05, 4.69) is 15.9 Å². The van der Waals surface area contributed by atoms with Gasteiger partial charge < -0.3 is 0 Å². The standard InChI is InChI=1S/C8H2BrFN2/c9-7-2-1-5(3-11)8(10)6(7)4-12/h1-2H. The summed E-state index contributed by atoms with van der Waals surface area (Å²) in [5.41, 5.74) is -0.246. The lowest BCUT2D eigenvalue weighted by Crippen LogP contribution is -1.90. The van der Waals surface area contributed by atoms with Crippen molar-refractivity contribution in [2.45, 2.75) is 0 Å². The summed E-state index contributed by atoms with van der Waals surface area (Å²) in [6.07, 6.45) is 0. The molecule has 0 saturated carbocycles. The molecule has 0 spiro atoms. The Kier molecular flexibility index (Phi) is 2.42. The molecule has 2 nitrogen and oxygen atoms in total. The van der Waals surface area contributed by atoms with Crippen LogP contribution in [0.2, 0.25) is 0 Å². The van der Waals surface area contributed by atoms with Gasteiger partial charge in [0.15, 0.2) is 5.82 Å². The van der Waals surface area contributed by atoms with Gasteiger partial charge in [-0.2, -0.15) is 10.5 Å². The van der Waals surface area contributed by atoms with E-state index in [1.165, 1.54) is 12.1 Å². The molecule has 0 atom stereocenters. The Morgan fingerprint density at radius 2 is 1.92 bits per heavy atom. The van der Waals surface area contributed by atoms with Gasteiger partial charge in [-0.15, -0.1) is 0 Å². The third kappa shape index (κ3) is 1.30. The van der Waals surface area contributed by atoms with Crippen molar-refractivity contribution in [2.75, 3.05) is 0 Å². The fourth-order valence-corrected chi connectivity index (χ4v) is 1.14. The summed E-state index contributed by atoms with van der Waals surface area (Å²) in [6.45, 7) is 0. The van der Waals surface area contributed by atoms with E-state index in [1.54, 1.807) is 12.1 Å². The predicted molar refractivity (Wildman–Crippen MR) is 43.5 cm³/mol. The molecule has 58 valence electrons. The molecule has 0 N–H and O–H groups in total. The van der Waals surface area contributed by atoms with E-state index in [0.29, 0.717) is 4.47 Å². The first-order valence-corrected chi connectivity index (χ1v) is 3.78. The van der Waals surface area contributed by atoms with E-state index in [0.717, 1.165) is 0 Å². The second-order valence-corrected chi connectivity index (χ2v) is 2.86. The Morgan fingerprint density at radius 1 is 1.25 bits per heavy atom. The molecule has 0 amide bonds. The topological polar surface area (TPSA) is 47.6 Å². The highest BCUT2D eigenvalue weighted by Crippen LogP contribution is 2.21. The number of nitrogens with zero attached hydrogens (tertiary/aromatic N) is 2. The van der Waals surface area contributed by atoms with Crippen molar-refractivity contribution in [1.82, 2.24) is 0 Å². The van der Waals surface area contributed by atoms with Gasteiger partial charge in [-0.3, -0.25) is 0 Å². The first-order valence-electron chi connectivity index (χ1n) is 2.99. The third-order valence-corrected chi connectivity index (χ3v) is 1.98. The van der Waals surface area contributed by atoms with Gasteiger partial charge in [0.25, 0.3) is 0 Å². The molecule has 0 saturated heterocycles. The van der Waals surface area contributed by atoms with Gasteiger partial charge in [0.05, 0.1) is 5.56 Å². The van der Waals surface area contributed by atoms with Crippen molar-refractivity contribution >= 4 is 15.9 Å². The number of benzene rings is 1. The Balaban J connectivity index is 3.50. The maximum Gasteiger partial charge on any atom is 0.159 e. The van der Waals surface area contributed by atoms with Crippen LogP contribution in [0.25, 0.3) is 0 Å². The van der Waals surface area contributed by atoms with E-state index in [-0.39, 0.29) is 11.1 Å². The molecule has 0 fully saturated rings. The summed E-state index contributed by atoms with van der Waals surface area (Å²) in [5.74, 6) is -0.769. The molecule has 0 aliphatic rings. The molecular weight excluding hydrogens is 223 g/mol. The van der Waals surface area contributed by atoms with Crippen LogP contribution in [0.1, 0.15) is 11.1 Å². The summed E-state index contributed by atoms with van der Waals surface area (Å²) < 4.78 is 13.4. The molecule has 4 heteroatoms. The summed E-state index contributed by atoms with van der Waals surface area (Å²) in [7, 11) is 0. The number of halogens is 2. The van der Waals surface area contributed by atoms with Crippen molar-refractivity contribution in [1.29, 1.82) is 10.5 Å². The molecule has 0 aliphatic heterocycles. The van der Waals surface area contributed by atoms with Crippen molar-refractivity contribution in [3.63, 3.8) is 0 Å². The predicted octanol–water partition coefficient (Wildman–Crippen LogP) is 2.33. The molecule has 12 heavy (non-hydrogen) atoms. The molecule has 0 unspecified atom stereocenters. The SMILES string of the molecule is N#Cc1ccc(Br)c(C#N)c1F. The highest BCUT2D eigenvalue weighted by atomic mass is 79.9. The number of hydrogen-bond donors (Lipinski definition) is 0. The zero-order chi connectivity index (χ0) is 9.14. The zero-order valence-corrected chi connectivity index (χ0v) is 7.39. The van der Waals surface area contributed by atoms with Crippen molar-refractivity contribution in [3.05, 3.63) is 33.5 Å². The van der Waals surface area contributed by atoms with Crippen LogP contribution in [0.5, 0.6) is 0 Å². The van der Waals surface area contributed by atoms with E-state index in [1.807, 2.05) is 0 Å². The van der Waals surface area contributed by atoms with Crippen LogP contribution in [0, 0.1) is 28.5 Å². The molecule has 0 aromatic heterocycles. The average molecular weight is 225 g/mol. The maximum atomic E-state index is 13.1. The lowest BCUT2D eigenvalue weighted by molar-refractivity contribution is 0.619. The van der Waals surface area contributed by atoms with E-state index in [4.69, 9.17) is 10.5 Å². The summed E-state index contributed by atoms with van der Waals surface area (Å²) in [5, 5.41) is 16.9. The highest BCUT2D eigenvalue weighted by molar-refractivity contribution is 9.10. The Morgan fingerprint density at radius 3 is 2.42 bits per heavy atom. The molecule has 0 bridgehead atoms. The van der Waals surface area contributed by atoms with Gasteiger partial charge in [-0.05, 0) is 28.1 Å². The molecule has 1 rings (SSSR count). The third-order valence-electron chi connectivity index (χ3n) is 1.32. The maximum absolute atomic E-state index is 13.1. The molecule has 1 aromatic carbocycles. The van der Waals surface area contributed by atoms with Crippen molar-refractivity contribution < 1.29 is 4.39 Å². The summed E-state index contributed by atoms with van der Waals surface area (Å²) >= 11 is 3.00. The normalized spacial score (nSPS) is 8.67. The van der Waals surface area contributed by atoms with Gasteiger partial charge in [-0.1, -0.05) is 0 Å². The molecule has 0 heterocycles. The second-order valence-electron chi connectivity index (χ2n) is 2.01. The minimum Gasteiger partial charge on any atom is -0.204 e. The largest absolute Gasteiger partial charge is 0.204 e. The highest BCUT2D eigenvalue weighted by Gasteiger charge is 2.10. The molecule has 1 aromatic rings. The lowest BCUT2D eigenvalue weighted by Gasteiger charge is -1.97. The van der Waals surface area contributed by atoms with Crippen LogP contribution in [-0.4, -0.2) is 0 Å². The van der Waals surface area contributed by atoms with Crippen molar-refractivity contribution in [2.24, 2.45) is 0 Å². The average Bonchev–Trinajstić information content (AvgIpc) is 2.06. The van der Waals surface area contributed by atoms with Crippen LogP contribution in [0.4, 0.5) is 4.39 Å². The lowest BCUT2D eigenvalue weighted by atomic mass is 10.1. The first-order chi connectivity index (χ1) is 5.70. The number of hydrogen-bond acceptors (Lipinski definition) is 2. The summed E-state index contributed by atoms with van der Waals surface area (Å²) in [4.78, 5) is 0. The minimum absolute atomic E-state index is 0.116. The van der Waals surface area contributed by atoms with E-state index in [9.17, 15) is 4.39 Å². The van der Waals surface area contributed by atoms with Gasteiger partial charge in [-0.25, -0.2) is 4.39 Å².